The molecule has 1 aliphatic heterocycles. The topological polar surface area (TPSA) is 59.4 Å². The predicted molar refractivity (Wildman–Crippen MR) is 112 cm³/mol. The molecule has 6 heteroatoms. The van der Waals surface area contributed by atoms with E-state index in [0.29, 0.717) is 0 Å². The Hall–Kier alpha value is -1.58. The van der Waals surface area contributed by atoms with E-state index in [2.05, 4.69) is 55.3 Å². The molecule has 1 heterocycles. The van der Waals surface area contributed by atoms with Crippen LogP contribution < -0.4 is 10.2 Å². The minimum absolute atomic E-state index is 0.0220. The Balaban J connectivity index is 1.33. The summed E-state index contributed by atoms with van der Waals surface area (Å²) in [4.78, 5) is 16.6. The molecular formula is C21H29BrN4O. The van der Waals surface area contributed by atoms with Crippen molar-refractivity contribution in [2.75, 3.05) is 37.6 Å². The van der Waals surface area contributed by atoms with Crippen LogP contribution in [0.3, 0.4) is 0 Å². The van der Waals surface area contributed by atoms with Gasteiger partial charge in [0.2, 0.25) is 5.91 Å². The van der Waals surface area contributed by atoms with E-state index in [-0.39, 0.29) is 18.4 Å². The van der Waals surface area contributed by atoms with Gasteiger partial charge in [-0.2, -0.15) is 5.26 Å². The highest BCUT2D eigenvalue weighted by molar-refractivity contribution is 9.10. The van der Waals surface area contributed by atoms with Crippen LogP contribution in [0, 0.1) is 17.2 Å². The standard InChI is InChI=1S/C21H29BrN4O/c22-18-2-1-3-20(16-18)26-14-12-25(13-15-26)11-9-17-4-6-19(7-5-17)24-21(27)8-10-23/h1-3,16-17,19H,4-9,11-15H2,(H,24,27). The fourth-order valence-electron chi connectivity index (χ4n) is 4.21. The number of halogens is 1. The number of nitrogens with zero attached hydrogens (tertiary/aromatic N) is 3. The molecule has 2 fully saturated rings. The van der Waals surface area contributed by atoms with Crippen LogP contribution in [-0.2, 0) is 4.79 Å². The third kappa shape index (κ3) is 6.22. The third-order valence-corrected chi connectivity index (χ3v) is 6.34. The summed E-state index contributed by atoms with van der Waals surface area (Å²) in [5.74, 6) is 0.654. The molecule has 0 bridgehead atoms. The number of amides is 1. The third-order valence-electron chi connectivity index (χ3n) is 5.85. The Morgan fingerprint density at radius 2 is 1.93 bits per heavy atom. The van der Waals surface area contributed by atoms with Crippen LogP contribution in [0.5, 0.6) is 0 Å². The molecule has 2 aliphatic rings. The lowest BCUT2D eigenvalue weighted by atomic mass is 9.84. The van der Waals surface area contributed by atoms with Crippen LogP contribution in [0.25, 0.3) is 0 Å². The Kier molecular flexibility index (Phi) is 7.54. The maximum absolute atomic E-state index is 11.5. The minimum Gasteiger partial charge on any atom is -0.369 e. The normalized spacial score (nSPS) is 23.6. The first-order valence-corrected chi connectivity index (χ1v) is 10.8. The van der Waals surface area contributed by atoms with Gasteiger partial charge in [-0.25, -0.2) is 0 Å². The van der Waals surface area contributed by atoms with Crippen LogP contribution in [0.15, 0.2) is 28.7 Å². The first-order valence-electron chi connectivity index (χ1n) is 10.0. The highest BCUT2D eigenvalue weighted by atomic mass is 79.9. The van der Waals surface area contributed by atoms with Gasteiger partial charge in [-0.05, 0) is 62.8 Å². The monoisotopic (exact) mass is 432 g/mol. The summed E-state index contributed by atoms with van der Waals surface area (Å²) < 4.78 is 1.14. The van der Waals surface area contributed by atoms with E-state index in [1.54, 1.807) is 0 Å². The molecule has 5 nitrogen and oxygen atoms in total. The largest absolute Gasteiger partial charge is 0.369 e. The molecule has 1 saturated heterocycles. The van der Waals surface area contributed by atoms with Gasteiger partial charge in [0.1, 0.15) is 6.42 Å². The number of carbonyl (C=O) groups excluding carboxylic acids is 1. The summed E-state index contributed by atoms with van der Waals surface area (Å²) in [6.07, 6.45) is 5.73. The average molecular weight is 433 g/mol. The van der Waals surface area contributed by atoms with E-state index in [1.807, 2.05) is 6.07 Å². The van der Waals surface area contributed by atoms with Crippen LogP contribution >= 0.6 is 15.9 Å². The smallest absolute Gasteiger partial charge is 0.234 e. The van der Waals surface area contributed by atoms with E-state index in [9.17, 15) is 4.79 Å². The molecule has 1 aliphatic carbocycles. The molecule has 1 saturated carbocycles. The van der Waals surface area contributed by atoms with Crippen molar-refractivity contribution in [2.24, 2.45) is 5.92 Å². The van der Waals surface area contributed by atoms with E-state index in [4.69, 9.17) is 5.26 Å². The molecule has 0 radical (unpaired) electrons. The number of hydrogen-bond donors (Lipinski definition) is 1. The van der Waals surface area contributed by atoms with Crippen molar-refractivity contribution >= 4 is 27.5 Å². The van der Waals surface area contributed by atoms with Gasteiger partial charge in [0.15, 0.2) is 0 Å². The van der Waals surface area contributed by atoms with Crippen molar-refractivity contribution < 1.29 is 4.79 Å². The molecule has 1 amide bonds. The lowest BCUT2D eigenvalue weighted by Crippen LogP contribution is -2.47. The lowest BCUT2D eigenvalue weighted by Gasteiger charge is -2.37. The summed E-state index contributed by atoms with van der Waals surface area (Å²) >= 11 is 3.56. The number of benzene rings is 1. The molecule has 1 aromatic carbocycles. The van der Waals surface area contributed by atoms with E-state index in [0.717, 1.165) is 49.4 Å². The molecule has 0 spiro atoms. The van der Waals surface area contributed by atoms with E-state index < -0.39 is 0 Å². The number of nitriles is 1. The Bertz CT molecular complexity index is 658. The fourth-order valence-corrected chi connectivity index (χ4v) is 4.60. The number of nitrogens with one attached hydrogen (secondary N) is 1. The summed E-state index contributed by atoms with van der Waals surface area (Å²) in [7, 11) is 0. The Morgan fingerprint density at radius 1 is 1.19 bits per heavy atom. The summed E-state index contributed by atoms with van der Waals surface area (Å²) in [6.45, 7) is 5.63. The van der Waals surface area contributed by atoms with Crippen molar-refractivity contribution in [3.63, 3.8) is 0 Å². The van der Waals surface area contributed by atoms with Gasteiger partial charge < -0.3 is 10.2 Å². The van der Waals surface area contributed by atoms with Gasteiger partial charge in [0.25, 0.3) is 0 Å². The maximum atomic E-state index is 11.5. The molecular weight excluding hydrogens is 404 g/mol. The van der Waals surface area contributed by atoms with Gasteiger partial charge in [-0.1, -0.05) is 22.0 Å². The molecule has 0 aromatic heterocycles. The molecule has 1 N–H and O–H groups in total. The average Bonchev–Trinajstić information content (AvgIpc) is 2.68. The molecule has 0 unspecified atom stereocenters. The highest BCUT2D eigenvalue weighted by Gasteiger charge is 2.24. The molecule has 3 rings (SSSR count). The van der Waals surface area contributed by atoms with Gasteiger partial charge in [0.05, 0.1) is 6.07 Å². The van der Waals surface area contributed by atoms with Crippen molar-refractivity contribution in [1.29, 1.82) is 5.26 Å². The zero-order valence-electron chi connectivity index (χ0n) is 15.9. The van der Waals surface area contributed by atoms with Crippen LogP contribution in [0.1, 0.15) is 38.5 Å². The Morgan fingerprint density at radius 3 is 2.59 bits per heavy atom. The second-order valence-corrected chi connectivity index (χ2v) is 8.63. The fraction of sp³-hybridized carbons (Fsp3) is 0.619. The predicted octanol–water partition coefficient (Wildman–Crippen LogP) is 3.55. The van der Waals surface area contributed by atoms with Crippen molar-refractivity contribution in [2.45, 2.75) is 44.6 Å². The Labute approximate surface area is 170 Å². The molecule has 146 valence electrons. The number of rotatable bonds is 6. The summed E-state index contributed by atoms with van der Waals surface area (Å²) in [5.41, 5.74) is 1.31. The summed E-state index contributed by atoms with van der Waals surface area (Å²) in [6, 6.07) is 10.8. The zero-order valence-corrected chi connectivity index (χ0v) is 17.5. The number of piperazine rings is 1. The number of hydrogen-bond acceptors (Lipinski definition) is 4. The van der Waals surface area contributed by atoms with Gasteiger partial charge in [0, 0.05) is 42.4 Å². The van der Waals surface area contributed by atoms with Crippen molar-refractivity contribution in [3.05, 3.63) is 28.7 Å². The van der Waals surface area contributed by atoms with E-state index in [1.165, 1.54) is 31.5 Å². The quantitative estimate of drug-likeness (QED) is 0.746. The van der Waals surface area contributed by atoms with Crippen LogP contribution in [-0.4, -0.2) is 49.6 Å². The maximum Gasteiger partial charge on any atom is 0.234 e. The van der Waals surface area contributed by atoms with E-state index >= 15 is 0 Å². The van der Waals surface area contributed by atoms with Crippen molar-refractivity contribution in [3.8, 4) is 6.07 Å². The first-order chi connectivity index (χ1) is 13.1. The van der Waals surface area contributed by atoms with Gasteiger partial charge >= 0.3 is 0 Å². The second kappa shape index (κ2) is 10.1. The highest BCUT2D eigenvalue weighted by Crippen LogP contribution is 2.27. The van der Waals surface area contributed by atoms with Gasteiger partial charge in [-0.3, -0.25) is 9.69 Å². The lowest BCUT2D eigenvalue weighted by molar-refractivity contribution is -0.121. The SMILES string of the molecule is N#CCC(=O)NC1CCC(CCN2CCN(c3cccc(Br)c3)CC2)CC1. The van der Waals surface area contributed by atoms with Crippen LogP contribution in [0.4, 0.5) is 5.69 Å². The number of anilines is 1. The summed E-state index contributed by atoms with van der Waals surface area (Å²) in [5, 5.41) is 11.6. The second-order valence-electron chi connectivity index (χ2n) is 7.72. The van der Waals surface area contributed by atoms with Gasteiger partial charge in [-0.15, -0.1) is 0 Å². The van der Waals surface area contributed by atoms with Crippen LogP contribution in [0.2, 0.25) is 0 Å². The molecule has 27 heavy (non-hydrogen) atoms. The molecule has 0 atom stereocenters. The molecule has 1 aromatic rings. The zero-order chi connectivity index (χ0) is 19.1. The minimum atomic E-state index is -0.121. The number of carbonyl (C=O) groups is 1. The van der Waals surface area contributed by atoms with Crippen molar-refractivity contribution in [1.82, 2.24) is 10.2 Å². The first kappa shape index (κ1) is 20.2.